The number of benzene rings is 1. The number of hydrogen-bond donors (Lipinski definition) is 2. The molecule has 1 rings (SSSR count). The molecule has 1 aromatic rings. The zero-order valence-corrected chi connectivity index (χ0v) is 14.4. The SMILES string of the molecule is O=C(NCCCCCCI)c1ccc(I)c(O)c1. The number of unbranched alkanes of at least 4 members (excludes halogenated alkanes) is 3. The molecule has 18 heavy (non-hydrogen) atoms. The molecule has 0 unspecified atom stereocenters. The second-order valence-electron chi connectivity index (χ2n) is 4.03. The Morgan fingerprint density at radius 1 is 1.22 bits per heavy atom. The topological polar surface area (TPSA) is 49.3 Å². The summed E-state index contributed by atoms with van der Waals surface area (Å²) in [5, 5.41) is 12.4. The quantitative estimate of drug-likeness (QED) is 0.361. The van der Waals surface area contributed by atoms with Gasteiger partial charge in [0, 0.05) is 12.1 Å². The van der Waals surface area contributed by atoms with Crippen molar-refractivity contribution < 1.29 is 9.90 Å². The van der Waals surface area contributed by atoms with Gasteiger partial charge in [0.25, 0.3) is 5.91 Å². The van der Waals surface area contributed by atoms with Gasteiger partial charge in [0.05, 0.1) is 3.57 Å². The van der Waals surface area contributed by atoms with Crippen molar-refractivity contribution in [2.45, 2.75) is 25.7 Å². The highest BCUT2D eigenvalue weighted by molar-refractivity contribution is 14.1. The van der Waals surface area contributed by atoms with Crippen molar-refractivity contribution in [1.29, 1.82) is 0 Å². The number of halogens is 2. The normalized spacial score (nSPS) is 10.3. The molecule has 0 saturated heterocycles. The minimum absolute atomic E-state index is 0.115. The first-order chi connectivity index (χ1) is 8.65. The molecule has 0 aliphatic carbocycles. The first-order valence-corrected chi connectivity index (χ1v) is 8.58. The fourth-order valence-electron chi connectivity index (χ4n) is 1.53. The molecule has 0 aliphatic heterocycles. The minimum atomic E-state index is -0.115. The van der Waals surface area contributed by atoms with E-state index in [2.05, 4.69) is 27.9 Å². The molecule has 3 nitrogen and oxygen atoms in total. The molecule has 0 aliphatic rings. The number of hydrogen-bond acceptors (Lipinski definition) is 2. The molecule has 100 valence electrons. The number of phenolic OH excluding ortho intramolecular Hbond substituents is 1. The van der Waals surface area contributed by atoms with Gasteiger partial charge in [-0.25, -0.2) is 0 Å². The van der Waals surface area contributed by atoms with Crippen molar-refractivity contribution in [2.75, 3.05) is 11.0 Å². The molecule has 1 aromatic carbocycles. The van der Waals surface area contributed by atoms with Crippen LogP contribution in [-0.4, -0.2) is 22.0 Å². The minimum Gasteiger partial charge on any atom is -0.507 e. The number of alkyl halides is 1. The zero-order valence-electron chi connectivity index (χ0n) is 10.1. The zero-order chi connectivity index (χ0) is 13.4. The highest BCUT2D eigenvalue weighted by Crippen LogP contribution is 2.20. The monoisotopic (exact) mass is 473 g/mol. The molecule has 0 saturated carbocycles. The Labute approximate surface area is 135 Å². The number of nitrogens with one attached hydrogen (secondary N) is 1. The average Bonchev–Trinajstić information content (AvgIpc) is 2.36. The lowest BCUT2D eigenvalue weighted by molar-refractivity contribution is 0.0952. The molecule has 0 fully saturated rings. The van der Waals surface area contributed by atoms with Crippen LogP contribution in [0.2, 0.25) is 0 Å². The first-order valence-electron chi connectivity index (χ1n) is 5.98. The summed E-state index contributed by atoms with van der Waals surface area (Å²) in [5.74, 6) is 0.0425. The van der Waals surface area contributed by atoms with Gasteiger partial charge in [0.15, 0.2) is 0 Å². The Bertz CT molecular complexity index is 397. The van der Waals surface area contributed by atoms with Crippen LogP contribution in [-0.2, 0) is 0 Å². The molecular formula is C13H17I2NO2. The Morgan fingerprint density at radius 2 is 1.94 bits per heavy atom. The summed E-state index contributed by atoms with van der Waals surface area (Å²) in [6.45, 7) is 0.701. The number of amides is 1. The largest absolute Gasteiger partial charge is 0.507 e. The summed E-state index contributed by atoms with van der Waals surface area (Å²) < 4.78 is 1.95. The molecular weight excluding hydrogens is 456 g/mol. The summed E-state index contributed by atoms with van der Waals surface area (Å²) >= 11 is 4.41. The Morgan fingerprint density at radius 3 is 2.61 bits per heavy atom. The van der Waals surface area contributed by atoms with Gasteiger partial charge in [-0.1, -0.05) is 35.4 Å². The number of phenols is 1. The van der Waals surface area contributed by atoms with E-state index in [0.717, 1.165) is 16.4 Å². The fraction of sp³-hybridized carbons (Fsp3) is 0.462. The Hall–Kier alpha value is -0.0500. The molecule has 0 heterocycles. The van der Waals surface area contributed by atoms with Crippen molar-refractivity contribution >= 4 is 51.1 Å². The van der Waals surface area contributed by atoms with Crippen molar-refractivity contribution in [3.8, 4) is 5.75 Å². The molecule has 0 spiro atoms. The van der Waals surface area contributed by atoms with Crippen LogP contribution < -0.4 is 5.32 Å². The van der Waals surface area contributed by atoms with Crippen LogP contribution in [0.5, 0.6) is 5.75 Å². The van der Waals surface area contributed by atoms with Gasteiger partial charge in [-0.3, -0.25) is 4.79 Å². The lowest BCUT2D eigenvalue weighted by Gasteiger charge is -2.06. The van der Waals surface area contributed by atoms with Crippen LogP contribution in [0.25, 0.3) is 0 Å². The van der Waals surface area contributed by atoms with E-state index in [1.54, 1.807) is 12.1 Å². The third kappa shape index (κ3) is 5.73. The number of rotatable bonds is 7. The van der Waals surface area contributed by atoms with E-state index in [1.807, 2.05) is 22.6 Å². The molecule has 0 aromatic heterocycles. The van der Waals surface area contributed by atoms with Gasteiger partial charge < -0.3 is 10.4 Å². The van der Waals surface area contributed by atoms with Crippen LogP contribution >= 0.6 is 45.2 Å². The summed E-state index contributed by atoms with van der Waals surface area (Å²) in [6, 6.07) is 4.98. The average molecular weight is 473 g/mol. The lowest BCUT2D eigenvalue weighted by atomic mass is 10.2. The predicted molar refractivity (Wildman–Crippen MR) is 90.5 cm³/mol. The molecule has 0 atom stereocenters. The van der Waals surface area contributed by atoms with E-state index in [0.29, 0.717) is 12.1 Å². The van der Waals surface area contributed by atoms with Crippen LogP contribution in [0.1, 0.15) is 36.0 Å². The van der Waals surface area contributed by atoms with Gasteiger partial charge in [0.2, 0.25) is 0 Å². The van der Waals surface area contributed by atoms with Gasteiger partial charge in [-0.2, -0.15) is 0 Å². The summed E-state index contributed by atoms with van der Waals surface area (Å²) in [6.07, 6.45) is 4.64. The lowest BCUT2D eigenvalue weighted by Crippen LogP contribution is -2.24. The van der Waals surface area contributed by atoms with Crippen LogP contribution in [0, 0.1) is 3.57 Å². The van der Waals surface area contributed by atoms with Crippen molar-refractivity contribution in [1.82, 2.24) is 5.32 Å². The standard InChI is InChI=1S/C13H17I2NO2/c14-7-3-1-2-4-8-16-13(18)10-5-6-11(15)12(17)9-10/h5-6,9,17H,1-4,7-8H2,(H,16,18). The van der Waals surface area contributed by atoms with Crippen LogP contribution in [0.3, 0.4) is 0 Å². The summed E-state index contributed by atoms with van der Waals surface area (Å²) in [7, 11) is 0. The molecule has 5 heteroatoms. The predicted octanol–water partition coefficient (Wildman–Crippen LogP) is 3.72. The third-order valence-corrected chi connectivity index (χ3v) is 4.23. The van der Waals surface area contributed by atoms with E-state index >= 15 is 0 Å². The highest BCUT2D eigenvalue weighted by atomic mass is 127. The fourth-order valence-corrected chi connectivity index (χ4v) is 2.41. The Kier molecular flexibility index (Phi) is 7.96. The van der Waals surface area contributed by atoms with E-state index in [-0.39, 0.29) is 11.7 Å². The first kappa shape index (κ1) is 16.0. The molecule has 1 amide bonds. The van der Waals surface area contributed by atoms with Crippen LogP contribution in [0.15, 0.2) is 18.2 Å². The smallest absolute Gasteiger partial charge is 0.251 e. The van der Waals surface area contributed by atoms with E-state index < -0.39 is 0 Å². The molecule has 2 N–H and O–H groups in total. The highest BCUT2D eigenvalue weighted by Gasteiger charge is 2.07. The number of carbonyl (C=O) groups excluding carboxylic acids is 1. The summed E-state index contributed by atoms with van der Waals surface area (Å²) in [4.78, 5) is 11.8. The van der Waals surface area contributed by atoms with Crippen molar-refractivity contribution in [3.63, 3.8) is 0 Å². The molecule has 0 bridgehead atoms. The van der Waals surface area contributed by atoms with Gasteiger partial charge >= 0.3 is 0 Å². The maximum absolute atomic E-state index is 11.8. The van der Waals surface area contributed by atoms with Gasteiger partial charge in [-0.05, 0) is 58.1 Å². The van der Waals surface area contributed by atoms with Gasteiger partial charge in [0.1, 0.15) is 5.75 Å². The Balaban J connectivity index is 2.30. The summed E-state index contributed by atoms with van der Waals surface area (Å²) in [5.41, 5.74) is 0.514. The molecule has 0 radical (unpaired) electrons. The maximum atomic E-state index is 11.8. The van der Waals surface area contributed by atoms with Crippen LogP contribution in [0.4, 0.5) is 0 Å². The number of carbonyl (C=O) groups is 1. The van der Waals surface area contributed by atoms with Gasteiger partial charge in [-0.15, -0.1) is 0 Å². The van der Waals surface area contributed by atoms with Crippen molar-refractivity contribution in [3.05, 3.63) is 27.3 Å². The second-order valence-corrected chi connectivity index (χ2v) is 6.27. The van der Waals surface area contributed by atoms with E-state index in [1.165, 1.54) is 23.3 Å². The van der Waals surface area contributed by atoms with E-state index in [9.17, 15) is 9.90 Å². The second kappa shape index (κ2) is 8.95. The third-order valence-electron chi connectivity index (χ3n) is 2.55. The maximum Gasteiger partial charge on any atom is 0.251 e. The van der Waals surface area contributed by atoms with E-state index in [4.69, 9.17) is 0 Å². The number of aromatic hydroxyl groups is 1. The van der Waals surface area contributed by atoms with Crippen molar-refractivity contribution in [2.24, 2.45) is 0 Å².